The van der Waals surface area contributed by atoms with Gasteiger partial charge < -0.3 is 5.32 Å². The molecule has 2 aliphatic rings. The minimum absolute atomic E-state index is 0.0135. The molecule has 0 unspecified atom stereocenters. The Kier molecular flexibility index (Phi) is 3.99. The number of fused-ring (bicyclic) bond motifs is 1. The largest absolute Gasteiger partial charge is 0.348 e. The summed E-state index contributed by atoms with van der Waals surface area (Å²) in [7, 11) is -3.55. The maximum absolute atomic E-state index is 12.5. The van der Waals surface area contributed by atoms with Gasteiger partial charge in [0.05, 0.1) is 4.90 Å². The lowest BCUT2D eigenvalue weighted by Gasteiger charge is -2.16. The summed E-state index contributed by atoms with van der Waals surface area (Å²) in [6.45, 7) is 0.477. The predicted molar refractivity (Wildman–Crippen MR) is 79.4 cm³/mol. The molecular weight excluding hydrogens is 288 g/mol. The van der Waals surface area contributed by atoms with Crippen molar-refractivity contribution in [3.63, 3.8) is 0 Å². The van der Waals surface area contributed by atoms with Crippen LogP contribution in [-0.4, -0.2) is 20.4 Å². The number of sulfonamides is 1. The van der Waals surface area contributed by atoms with Crippen LogP contribution in [0.2, 0.25) is 0 Å². The number of carbonyl (C=O) groups excluding carboxylic acids is 1. The maximum Gasteiger partial charge on any atom is 0.251 e. The summed E-state index contributed by atoms with van der Waals surface area (Å²) in [5, 5.41) is 2.70. The Labute approximate surface area is 125 Å². The lowest BCUT2D eigenvalue weighted by molar-refractivity contribution is 0.0965. The first kappa shape index (κ1) is 14.5. The smallest absolute Gasteiger partial charge is 0.251 e. The second-order valence-corrected chi connectivity index (χ2v) is 7.53. The van der Waals surface area contributed by atoms with Crippen molar-refractivity contribution < 1.29 is 13.2 Å². The van der Waals surface area contributed by atoms with Gasteiger partial charge >= 0.3 is 0 Å². The number of amides is 1. The van der Waals surface area contributed by atoms with E-state index in [4.69, 9.17) is 0 Å². The van der Waals surface area contributed by atoms with Crippen molar-refractivity contribution in [3.8, 4) is 0 Å². The quantitative estimate of drug-likeness (QED) is 0.838. The fourth-order valence-electron chi connectivity index (χ4n) is 3.04. The van der Waals surface area contributed by atoms with Crippen LogP contribution in [0.25, 0.3) is 0 Å². The van der Waals surface area contributed by atoms with E-state index >= 15 is 0 Å². The molecule has 1 fully saturated rings. The van der Waals surface area contributed by atoms with E-state index in [9.17, 15) is 13.2 Å². The van der Waals surface area contributed by atoms with Crippen molar-refractivity contribution in [3.05, 3.63) is 29.3 Å². The molecule has 0 atom stereocenters. The molecule has 1 saturated carbocycles. The lowest BCUT2D eigenvalue weighted by atomic mass is 10.1. The molecular formula is C15H20N2O3S. The molecule has 1 amide bonds. The number of hydrogen-bond donors (Lipinski definition) is 2. The monoisotopic (exact) mass is 308 g/mol. The minimum atomic E-state index is -3.55. The van der Waals surface area contributed by atoms with Crippen LogP contribution in [0.5, 0.6) is 0 Å². The van der Waals surface area contributed by atoms with E-state index in [0.717, 1.165) is 31.2 Å². The summed E-state index contributed by atoms with van der Waals surface area (Å²) >= 11 is 0. The summed E-state index contributed by atoms with van der Waals surface area (Å²) in [4.78, 5) is 11.8. The molecule has 1 aromatic rings. The molecule has 0 bridgehead atoms. The van der Waals surface area contributed by atoms with Gasteiger partial charge in [0.25, 0.3) is 5.91 Å². The van der Waals surface area contributed by atoms with Crippen molar-refractivity contribution in [2.75, 3.05) is 0 Å². The van der Waals surface area contributed by atoms with Crippen LogP contribution in [0.3, 0.4) is 0 Å². The second-order valence-electron chi connectivity index (χ2n) is 5.81. The van der Waals surface area contributed by atoms with Gasteiger partial charge in [0.15, 0.2) is 0 Å². The highest BCUT2D eigenvalue weighted by Gasteiger charge is 2.25. The molecule has 2 N–H and O–H groups in total. The van der Waals surface area contributed by atoms with Gasteiger partial charge in [-0.1, -0.05) is 31.7 Å². The molecule has 0 radical (unpaired) electrons. The Bertz CT molecular complexity index is 647. The summed E-state index contributed by atoms with van der Waals surface area (Å²) in [6, 6.07) is 4.79. The van der Waals surface area contributed by atoms with E-state index in [1.165, 1.54) is 18.9 Å². The molecule has 1 aromatic carbocycles. The van der Waals surface area contributed by atoms with Crippen LogP contribution in [0.15, 0.2) is 23.1 Å². The SMILES string of the molecule is O=C1NCc2ccc(S(=O)(=O)NC3CCCCCC3)cc21. The zero-order chi connectivity index (χ0) is 14.9. The first-order valence-corrected chi connectivity index (χ1v) is 8.98. The van der Waals surface area contributed by atoms with E-state index in [0.29, 0.717) is 12.1 Å². The highest BCUT2D eigenvalue weighted by molar-refractivity contribution is 7.89. The molecule has 1 heterocycles. The van der Waals surface area contributed by atoms with Crippen LogP contribution in [-0.2, 0) is 16.6 Å². The third kappa shape index (κ3) is 3.11. The number of nitrogens with one attached hydrogen (secondary N) is 2. The highest BCUT2D eigenvalue weighted by Crippen LogP contribution is 2.22. The first-order chi connectivity index (χ1) is 10.1. The zero-order valence-corrected chi connectivity index (χ0v) is 12.7. The van der Waals surface area contributed by atoms with Crippen molar-refractivity contribution >= 4 is 15.9 Å². The molecule has 114 valence electrons. The van der Waals surface area contributed by atoms with Crippen LogP contribution < -0.4 is 10.0 Å². The third-order valence-electron chi connectivity index (χ3n) is 4.25. The van der Waals surface area contributed by atoms with Crippen molar-refractivity contribution in [1.29, 1.82) is 0 Å². The molecule has 6 heteroatoms. The second kappa shape index (κ2) is 5.77. The van der Waals surface area contributed by atoms with Gasteiger partial charge in [-0.25, -0.2) is 13.1 Å². The molecule has 21 heavy (non-hydrogen) atoms. The molecule has 3 rings (SSSR count). The first-order valence-electron chi connectivity index (χ1n) is 7.50. The Morgan fingerprint density at radius 1 is 1.10 bits per heavy atom. The van der Waals surface area contributed by atoms with Crippen molar-refractivity contribution in [2.45, 2.75) is 56.0 Å². The standard InChI is InChI=1S/C15H20N2O3S/c18-15-14-9-13(8-7-11(14)10-16-15)21(19,20)17-12-5-3-1-2-4-6-12/h7-9,12,17H,1-6,10H2,(H,16,18). The van der Waals surface area contributed by atoms with E-state index in [1.54, 1.807) is 12.1 Å². The van der Waals surface area contributed by atoms with Gasteiger partial charge in [-0.05, 0) is 30.5 Å². The average molecular weight is 308 g/mol. The van der Waals surface area contributed by atoms with E-state index in [2.05, 4.69) is 10.0 Å². The van der Waals surface area contributed by atoms with Gasteiger partial charge in [0.2, 0.25) is 10.0 Å². The van der Waals surface area contributed by atoms with Gasteiger partial charge in [-0.2, -0.15) is 0 Å². The van der Waals surface area contributed by atoms with Crippen molar-refractivity contribution in [2.24, 2.45) is 0 Å². The minimum Gasteiger partial charge on any atom is -0.348 e. The van der Waals surface area contributed by atoms with Gasteiger partial charge in [0.1, 0.15) is 0 Å². The van der Waals surface area contributed by atoms with Crippen LogP contribution in [0.4, 0.5) is 0 Å². The zero-order valence-electron chi connectivity index (χ0n) is 11.9. The molecule has 5 nitrogen and oxygen atoms in total. The van der Waals surface area contributed by atoms with Gasteiger partial charge in [0, 0.05) is 18.2 Å². The fourth-order valence-corrected chi connectivity index (χ4v) is 4.37. The number of hydrogen-bond acceptors (Lipinski definition) is 3. The predicted octanol–water partition coefficient (Wildman–Crippen LogP) is 1.93. The molecule has 0 aromatic heterocycles. The molecule has 0 saturated heterocycles. The van der Waals surface area contributed by atoms with E-state index < -0.39 is 10.0 Å². The Hall–Kier alpha value is -1.40. The van der Waals surface area contributed by atoms with E-state index in [-0.39, 0.29) is 16.8 Å². The highest BCUT2D eigenvalue weighted by atomic mass is 32.2. The Balaban J connectivity index is 1.81. The van der Waals surface area contributed by atoms with Crippen LogP contribution in [0, 0.1) is 0 Å². The fraction of sp³-hybridized carbons (Fsp3) is 0.533. The summed E-state index contributed by atoms with van der Waals surface area (Å²) in [5.41, 5.74) is 1.33. The average Bonchev–Trinajstić information content (AvgIpc) is 2.66. The number of rotatable bonds is 3. The molecule has 0 spiro atoms. The maximum atomic E-state index is 12.5. The summed E-state index contributed by atoms with van der Waals surface area (Å²) in [5.74, 6) is -0.198. The van der Waals surface area contributed by atoms with Crippen LogP contribution >= 0.6 is 0 Å². The van der Waals surface area contributed by atoms with Crippen molar-refractivity contribution in [1.82, 2.24) is 10.0 Å². The molecule has 1 aliphatic carbocycles. The van der Waals surface area contributed by atoms with Crippen LogP contribution in [0.1, 0.15) is 54.4 Å². The summed E-state index contributed by atoms with van der Waals surface area (Å²) in [6.07, 6.45) is 6.28. The lowest BCUT2D eigenvalue weighted by Crippen LogP contribution is -2.34. The third-order valence-corrected chi connectivity index (χ3v) is 5.77. The van der Waals surface area contributed by atoms with Gasteiger partial charge in [-0.3, -0.25) is 4.79 Å². The number of benzene rings is 1. The Morgan fingerprint density at radius 3 is 2.52 bits per heavy atom. The van der Waals surface area contributed by atoms with E-state index in [1.807, 2.05) is 0 Å². The van der Waals surface area contributed by atoms with Gasteiger partial charge in [-0.15, -0.1) is 0 Å². The molecule has 1 aliphatic heterocycles. The topological polar surface area (TPSA) is 75.3 Å². The number of carbonyl (C=O) groups is 1. The normalized spacial score (nSPS) is 19.9. The summed E-state index contributed by atoms with van der Waals surface area (Å²) < 4.78 is 27.8. The Morgan fingerprint density at radius 2 is 1.81 bits per heavy atom.